The van der Waals surface area contributed by atoms with E-state index in [2.05, 4.69) is 20.5 Å². The summed E-state index contributed by atoms with van der Waals surface area (Å²) in [5, 5.41) is 18.8. The highest BCUT2D eigenvalue weighted by atomic mass is 32.2. The van der Waals surface area contributed by atoms with Gasteiger partial charge < -0.3 is 10.4 Å². The summed E-state index contributed by atoms with van der Waals surface area (Å²) in [6.45, 7) is 0. The van der Waals surface area contributed by atoms with Crippen molar-refractivity contribution in [2.75, 3.05) is 0 Å². The van der Waals surface area contributed by atoms with Crippen molar-refractivity contribution in [2.24, 2.45) is 10.2 Å². The van der Waals surface area contributed by atoms with Crippen LogP contribution in [0.25, 0.3) is 11.3 Å². The van der Waals surface area contributed by atoms with E-state index in [1.165, 1.54) is 0 Å². The van der Waals surface area contributed by atoms with Crippen LogP contribution in [0.4, 0.5) is 0 Å². The molecular weight excluding hydrogens is 340 g/mol. The first kappa shape index (κ1) is 16.8. The maximum Gasteiger partial charge on any atom is 0.305 e. The Bertz CT molecular complexity index is 835. The second-order valence-corrected chi connectivity index (χ2v) is 6.37. The summed E-state index contributed by atoms with van der Waals surface area (Å²) in [6.07, 6.45) is 3.06. The van der Waals surface area contributed by atoms with Gasteiger partial charge in [0.25, 0.3) is 0 Å². The number of rotatable bonds is 5. The summed E-state index contributed by atoms with van der Waals surface area (Å²) in [4.78, 5) is 26.5. The third kappa shape index (κ3) is 4.51. The van der Waals surface area contributed by atoms with E-state index in [1.807, 2.05) is 42.5 Å². The molecule has 0 spiro atoms. The van der Waals surface area contributed by atoms with Gasteiger partial charge in [-0.05, 0) is 17.7 Å². The van der Waals surface area contributed by atoms with Gasteiger partial charge in [-0.1, -0.05) is 42.1 Å². The smallest absolute Gasteiger partial charge is 0.305 e. The van der Waals surface area contributed by atoms with Gasteiger partial charge in [0, 0.05) is 11.8 Å². The number of aromatic nitrogens is 1. The molecule has 1 aliphatic rings. The normalized spacial score (nSPS) is 18.6. The summed E-state index contributed by atoms with van der Waals surface area (Å²) >= 11 is 1.07. The van der Waals surface area contributed by atoms with Crippen LogP contribution in [0, 0.1) is 0 Å². The average molecular weight is 354 g/mol. The molecule has 2 heterocycles. The van der Waals surface area contributed by atoms with Crippen molar-refractivity contribution in [3.8, 4) is 11.3 Å². The molecule has 0 saturated carbocycles. The lowest BCUT2D eigenvalue weighted by atomic mass is 10.1. The van der Waals surface area contributed by atoms with Gasteiger partial charge in [0.15, 0.2) is 5.17 Å². The highest BCUT2D eigenvalue weighted by Crippen LogP contribution is 2.22. The Morgan fingerprint density at radius 2 is 2.08 bits per heavy atom. The summed E-state index contributed by atoms with van der Waals surface area (Å²) in [5.74, 6) is -1.38. The fourth-order valence-corrected chi connectivity index (χ4v) is 3.08. The minimum atomic E-state index is -1.02. The van der Waals surface area contributed by atoms with Gasteiger partial charge >= 0.3 is 5.97 Å². The molecule has 3 rings (SSSR count). The second-order valence-electron chi connectivity index (χ2n) is 5.18. The average Bonchev–Trinajstić information content (AvgIpc) is 2.95. The number of thioether (sulfide) groups is 1. The minimum Gasteiger partial charge on any atom is -0.481 e. The molecule has 1 unspecified atom stereocenters. The third-order valence-corrected chi connectivity index (χ3v) is 4.44. The zero-order valence-corrected chi connectivity index (χ0v) is 13.8. The van der Waals surface area contributed by atoms with Crippen molar-refractivity contribution >= 4 is 35.0 Å². The van der Waals surface area contributed by atoms with E-state index in [-0.39, 0.29) is 12.3 Å². The number of hydrogen-bond donors (Lipinski definition) is 2. The maximum absolute atomic E-state index is 11.6. The number of carboxylic acids is 1. The van der Waals surface area contributed by atoms with Crippen LogP contribution in [0.5, 0.6) is 0 Å². The van der Waals surface area contributed by atoms with Crippen LogP contribution in [0.15, 0.2) is 58.9 Å². The van der Waals surface area contributed by atoms with Crippen LogP contribution in [0.2, 0.25) is 0 Å². The molecule has 1 saturated heterocycles. The van der Waals surface area contributed by atoms with E-state index in [4.69, 9.17) is 5.11 Å². The number of amides is 1. The van der Waals surface area contributed by atoms with E-state index < -0.39 is 11.2 Å². The van der Waals surface area contributed by atoms with Crippen molar-refractivity contribution < 1.29 is 14.7 Å². The number of benzene rings is 1. The quantitative estimate of drug-likeness (QED) is 0.632. The number of nitrogens with one attached hydrogen (secondary N) is 1. The Morgan fingerprint density at radius 3 is 2.76 bits per heavy atom. The SMILES string of the molecule is O=C(O)CC1SC(=NN=Cc2ccc(-c3ccccn3)cc2)NC1=O. The van der Waals surface area contributed by atoms with Crippen LogP contribution in [0.1, 0.15) is 12.0 Å². The lowest BCUT2D eigenvalue weighted by Crippen LogP contribution is -2.26. The van der Waals surface area contributed by atoms with E-state index in [9.17, 15) is 9.59 Å². The Morgan fingerprint density at radius 1 is 1.28 bits per heavy atom. The van der Waals surface area contributed by atoms with Gasteiger partial charge in [0.2, 0.25) is 5.91 Å². The predicted octanol–water partition coefficient (Wildman–Crippen LogP) is 2.14. The largest absolute Gasteiger partial charge is 0.481 e. The van der Waals surface area contributed by atoms with Gasteiger partial charge in [-0.3, -0.25) is 14.6 Å². The first-order valence-electron chi connectivity index (χ1n) is 7.43. The lowest BCUT2D eigenvalue weighted by Gasteiger charge is -2.00. The molecule has 0 aliphatic carbocycles. The number of pyridine rings is 1. The topological polar surface area (TPSA) is 104 Å². The van der Waals surface area contributed by atoms with Crippen LogP contribution >= 0.6 is 11.8 Å². The highest BCUT2D eigenvalue weighted by Gasteiger charge is 2.32. The zero-order chi connectivity index (χ0) is 17.6. The van der Waals surface area contributed by atoms with E-state index >= 15 is 0 Å². The van der Waals surface area contributed by atoms with Gasteiger partial charge in [-0.2, -0.15) is 5.10 Å². The molecule has 0 bridgehead atoms. The van der Waals surface area contributed by atoms with Crippen LogP contribution < -0.4 is 5.32 Å². The first-order chi connectivity index (χ1) is 12.1. The number of carbonyl (C=O) groups excluding carboxylic acids is 1. The van der Waals surface area contributed by atoms with Gasteiger partial charge in [-0.15, -0.1) is 5.10 Å². The molecular formula is C17H14N4O3S. The molecule has 1 aromatic carbocycles. The van der Waals surface area contributed by atoms with Crippen molar-refractivity contribution in [1.82, 2.24) is 10.3 Å². The highest BCUT2D eigenvalue weighted by molar-refractivity contribution is 8.15. The first-order valence-corrected chi connectivity index (χ1v) is 8.31. The van der Waals surface area contributed by atoms with Crippen LogP contribution in [0.3, 0.4) is 0 Å². The van der Waals surface area contributed by atoms with Gasteiger partial charge in [-0.25, -0.2) is 0 Å². The molecule has 1 fully saturated rings. The minimum absolute atomic E-state index is 0.242. The molecule has 1 aliphatic heterocycles. The molecule has 2 N–H and O–H groups in total. The zero-order valence-electron chi connectivity index (χ0n) is 13.0. The van der Waals surface area contributed by atoms with Gasteiger partial charge in [0.1, 0.15) is 5.25 Å². The monoisotopic (exact) mass is 354 g/mol. The summed E-state index contributed by atoms with van der Waals surface area (Å²) in [7, 11) is 0. The Hall–Kier alpha value is -3.00. The van der Waals surface area contributed by atoms with Gasteiger partial charge in [0.05, 0.1) is 18.3 Å². The van der Waals surface area contributed by atoms with Crippen molar-refractivity contribution in [1.29, 1.82) is 0 Å². The number of carbonyl (C=O) groups is 2. The Kier molecular flexibility index (Phi) is 5.20. The van der Waals surface area contributed by atoms with Crippen molar-refractivity contribution in [3.63, 3.8) is 0 Å². The number of hydrogen-bond acceptors (Lipinski definition) is 6. The fraction of sp³-hybridized carbons (Fsp3) is 0.118. The van der Waals surface area contributed by atoms with Crippen molar-refractivity contribution in [3.05, 3.63) is 54.2 Å². The number of nitrogens with zero attached hydrogens (tertiary/aromatic N) is 3. The molecule has 1 amide bonds. The summed E-state index contributed by atoms with van der Waals surface area (Å²) < 4.78 is 0. The molecule has 25 heavy (non-hydrogen) atoms. The molecule has 7 nitrogen and oxygen atoms in total. The predicted molar refractivity (Wildman–Crippen MR) is 96.5 cm³/mol. The number of carboxylic acid groups (broad SMARTS) is 1. The van der Waals surface area contributed by atoms with Crippen molar-refractivity contribution in [2.45, 2.75) is 11.7 Å². The summed E-state index contributed by atoms with van der Waals surface area (Å²) in [5.41, 5.74) is 2.74. The van der Waals surface area contributed by atoms with E-state index in [0.29, 0.717) is 5.17 Å². The Balaban J connectivity index is 1.63. The molecule has 8 heteroatoms. The number of aliphatic carboxylic acids is 1. The van der Waals surface area contributed by atoms with E-state index in [0.717, 1.165) is 28.6 Å². The molecule has 0 radical (unpaired) electrons. The third-order valence-electron chi connectivity index (χ3n) is 3.36. The standard InChI is InChI=1S/C17H14N4O3S/c22-15(23)9-14-16(24)20-17(25-14)21-19-10-11-4-6-12(7-5-11)13-3-1-2-8-18-13/h1-8,10,14H,9H2,(H,22,23)(H,20,21,24). The lowest BCUT2D eigenvalue weighted by molar-refractivity contribution is -0.138. The molecule has 2 aromatic rings. The molecule has 1 aromatic heterocycles. The fourth-order valence-electron chi connectivity index (χ4n) is 2.17. The van der Waals surface area contributed by atoms with E-state index in [1.54, 1.807) is 12.4 Å². The number of amidine groups is 1. The Labute approximate surface area is 147 Å². The van der Waals surface area contributed by atoms with Crippen LogP contribution in [-0.4, -0.2) is 38.6 Å². The molecule has 1 atom stereocenters. The molecule has 126 valence electrons. The second kappa shape index (κ2) is 7.71. The summed E-state index contributed by atoms with van der Waals surface area (Å²) in [6, 6.07) is 13.4. The van der Waals surface area contributed by atoms with Crippen LogP contribution in [-0.2, 0) is 9.59 Å². The maximum atomic E-state index is 11.6.